The van der Waals surface area contributed by atoms with Gasteiger partial charge in [-0.3, -0.25) is 0 Å². The molecule has 2 amide bonds. The van der Waals surface area contributed by atoms with Crippen molar-refractivity contribution in [2.75, 3.05) is 49.1 Å². The first-order valence-electron chi connectivity index (χ1n) is 11.2. The number of nitrogens with zero attached hydrogens (tertiary/aromatic N) is 4. The molecule has 2 aliphatic heterocycles. The second kappa shape index (κ2) is 9.74. The molecule has 0 aromatic heterocycles. The SMILES string of the molecule is Cc1ccc(N2CCCN(C(=O)NC3CCN(c4ccc(C#N)cc4)CC3)CC2)cc1. The molecule has 2 fully saturated rings. The van der Waals surface area contributed by atoms with Crippen molar-refractivity contribution in [1.82, 2.24) is 10.2 Å². The van der Waals surface area contributed by atoms with Gasteiger partial charge in [0.1, 0.15) is 0 Å². The van der Waals surface area contributed by atoms with Crippen molar-refractivity contribution in [2.24, 2.45) is 0 Å². The van der Waals surface area contributed by atoms with Crippen LogP contribution in [-0.2, 0) is 0 Å². The second-order valence-electron chi connectivity index (χ2n) is 8.53. The number of nitriles is 1. The summed E-state index contributed by atoms with van der Waals surface area (Å²) in [6, 6.07) is 18.8. The predicted molar refractivity (Wildman–Crippen MR) is 125 cm³/mol. The van der Waals surface area contributed by atoms with Crippen LogP contribution in [0, 0.1) is 18.3 Å². The molecular weight excluding hydrogens is 386 g/mol. The number of urea groups is 1. The molecule has 2 heterocycles. The van der Waals surface area contributed by atoms with Gasteiger partial charge >= 0.3 is 6.03 Å². The Hall–Kier alpha value is -3.20. The van der Waals surface area contributed by atoms with E-state index in [4.69, 9.17) is 5.26 Å². The minimum Gasteiger partial charge on any atom is -0.371 e. The van der Waals surface area contributed by atoms with E-state index >= 15 is 0 Å². The van der Waals surface area contributed by atoms with Crippen LogP contribution in [0.1, 0.15) is 30.4 Å². The third-order valence-corrected chi connectivity index (χ3v) is 6.37. The minimum absolute atomic E-state index is 0.0718. The van der Waals surface area contributed by atoms with E-state index in [0.717, 1.165) is 64.2 Å². The van der Waals surface area contributed by atoms with Gasteiger partial charge in [0.2, 0.25) is 0 Å². The van der Waals surface area contributed by atoms with Crippen molar-refractivity contribution in [2.45, 2.75) is 32.2 Å². The van der Waals surface area contributed by atoms with Crippen LogP contribution in [0.25, 0.3) is 0 Å². The summed E-state index contributed by atoms with van der Waals surface area (Å²) in [6.07, 6.45) is 2.86. The van der Waals surface area contributed by atoms with Crippen LogP contribution in [-0.4, -0.2) is 56.2 Å². The minimum atomic E-state index is 0.0718. The van der Waals surface area contributed by atoms with Crippen LogP contribution in [0.2, 0.25) is 0 Å². The van der Waals surface area contributed by atoms with Crippen LogP contribution in [0.4, 0.5) is 16.2 Å². The van der Waals surface area contributed by atoms with Crippen LogP contribution in [0.15, 0.2) is 48.5 Å². The normalized spacial score (nSPS) is 17.7. The molecule has 0 bridgehead atoms. The summed E-state index contributed by atoms with van der Waals surface area (Å²) < 4.78 is 0. The highest BCUT2D eigenvalue weighted by Gasteiger charge is 2.24. The zero-order valence-corrected chi connectivity index (χ0v) is 18.3. The lowest BCUT2D eigenvalue weighted by Crippen LogP contribution is -2.50. The van der Waals surface area contributed by atoms with Crippen molar-refractivity contribution in [3.8, 4) is 6.07 Å². The van der Waals surface area contributed by atoms with Gasteiger partial charge in [0.15, 0.2) is 0 Å². The quantitative estimate of drug-likeness (QED) is 0.826. The Morgan fingerprint density at radius 1 is 0.871 bits per heavy atom. The number of benzene rings is 2. The summed E-state index contributed by atoms with van der Waals surface area (Å²) in [5, 5.41) is 12.2. The molecule has 4 rings (SSSR count). The summed E-state index contributed by atoms with van der Waals surface area (Å²) in [6.45, 7) is 7.34. The maximum absolute atomic E-state index is 12.9. The molecule has 0 saturated carbocycles. The van der Waals surface area contributed by atoms with Gasteiger partial charge < -0.3 is 20.0 Å². The Kier molecular flexibility index (Phi) is 6.61. The molecule has 1 N–H and O–H groups in total. The zero-order chi connectivity index (χ0) is 21.6. The molecular formula is C25H31N5O. The molecule has 2 saturated heterocycles. The summed E-state index contributed by atoms with van der Waals surface area (Å²) in [7, 11) is 0. The van der Waals surface area contributed by atoms with Gasteiger partial charge in [-0.15, -0.1) is 0 Å². The number of amides is 2. The van der Waals surface area contributed by atoms with Crippen molar-refractivity contribution >= 4 is 17.4 Å². The molecule has 2 aliphatic rings. The van der Waals surface area contributed by atoms with Crippen molar-refractivity contribution in [1.29, 1.82) is 5.26 Å². The van der Waals surface area contributed by atoms with E-state index < -0.39 is 0 Å². The van der Waals surface area contributed by atoms with E-state index in [2.05, 4.69) is 52.4 Å². The molecule has 2 aromatic rings. The smallest absolute Gasteiger partial charge is 0.317 e. The van der Waals surface area contributed by atoms with Crippen molar-refractivity contribution in [3.63, 3.8) is 0 Å². The van der Waals surface area contributed by atoms with E-state index in [1.54, 1.807) is 0 Å². The summed E-state index contributed by atoms with van der Waals surface area (Å²) >= 11 is 0. The standard InChI is InChI=1S/C25H31N5O/c1-20-3-7-23(8-4-20)28-13-2-14-30(18-17-28)25(31)27-22-11-15-29(16-12-22)24-9-5-21(19-26)6-10-24/h3-10,22H,2,11-18H2,1H3,(H,27,31). The largest absolute Gasteiger partial charge is 0.371 e. The van der Waals surface area contributed by atoms with Crippen LogP contribution >= 0.6 is 0 Å². The maximum Gasteiger partial charge on any atom is 0.317 e. The average molecular weight is 418 g/mol. The number of hydrogen-bond acceptors (Lipinski definition) is 4. The molecule has 162 valence electrons. The third-order valence-electron chi connectivity index (χ3n) is 6.37. The fourth-order valence-corrected chi connectivity index (χ4v) is 4.43. The summed E-state index contributed by atoms with van der Waals surface area (Å²) in [5.74, 6) is 0. The van der Waals surface area contributed by atoms with E-state index in [0.29, 0.717) is 5.56 Å². The number of aryl methyl sites for hydroxylation is 1. The Bertz CT molecular complexity index is 910. The Labute approximate surface area is 185 Å². The van der Waals surface area contributed by atoms with Gasteiger partial charge in [-0.25, -0.2) is 4.79 Å². The first kappa shape index (κ1) is 21.0. The molecule has 6 nitrogen and oxygen atoms in total. The predicted octanol–water partition coefficient (Wildman–Crippen LogP) is 3.76. The molecule has 0 radical (unpaired) electrons. The van der Waals surface area contributed by atoms with Crippen LogP contribution in [0.3, 0.4) is 0 Å². The lowest BCUT2D eigenvalue weighted by Gasteiger charge is -2.35. The molecule has 31 heavy (non-hydrogen) atoms. The second-order valence-corrected chi connectivity index (χ2v) is 8.53. The number of nitrogens with one attached hydrogen (secondary N) is 1. The number of carbonyl (C=O) groups excluding carboxylic acids is 1. The summed E-state index contributed by atoms with van der Waals surface area (Å²) in [4.78, 5) is 19.6. The van der Waals surface area contributed by atoms with E-state index in [1.165, 1.54) is 11.3 Å². The number of rotatable bonds is 3. The fourth-order valence-electron chi connectivity index (χ4n) is 4.43. The Balaban J connectivity index is 1.25. The van der Waals surface area contributed by atoms with Crippen LogP contribution < -0.4 is 15.1 Å². The van der Waals surface area contributed by atoms with E-state index in [9.17, 15) is 4.79 Å². The monoisotopic (exact) mass is 417 g/mol. The molecule has 0 spiro atoms. The molecule has 2 aromatic carbocycles. The lowest BCUT2D eigenvalue weighted by molar-refractivity contribution is 0.195. The number of carbonyl (C=O) groups is 1. The average Bonchev–Trinajstić information content (AvgIpc) is 3.07. The molecule has 0 aliphatic carbocycles. The third kappa shape index (κ3) is 5.29. The van der Waals surface area contributed by atoms with Crippen molar-refractivity contribution in [3.05, 3.63) is 59.7 Å². The Morgan fingerprint density at radius 3 is 2.13 bits per heavy atom. The first-order valence-corrected chi connectivity index (χ1v) is 11.2. The van der Waals surface area contributed by atoms with Gasteiger partial charge in [0.05, 0.1) is 11.6 Å². The maximum atomic E-state index is 12.9. The van der Waals surface area contributed by atoms with Gasteiger partial charge in [-0.2, -0.15) is 5.26 Å². The van der Waals surface area contributed by atoms with Gasteiger partial charge in [0.25, 0.3) is 0 Å². The van der Waals surface area contributed by atoms with E-state index in [-0.39, 0.29) is 12.1 Å². The van der Waals surface area contributed by atoms with Crippen LogP contribution in [0.5, 0.6) is 0 Å². The molecule has 6 heteroatoms. The number of anilines is 2. The number of hydrogen-bond donors (Lipinski definition) is 1. The Morgan fingerprint density at radius 2 is 1.48 bits per heavy atom. The molecule has 0 unspecified atom stereocenters. The number of piperidine rings is 1. The molecule has 0 atom stereocenters. The van der Waals surface area contributed by atoms with Gasteiger partial charge in [-0.05, 0) is 62.6 Å². The van der Waals surface area contributed by atoms with Gasteiger partial charge in [0, 0.05) is 56.7 Å². The van der Waals surface area contributed by atoms with E-state index in [1.807, 2.05) is 29.2 Å². The summed E-state index contributed by atoms with van der Waals surface area (Å²) in [5.41, 5.74) is 4.34. The van der Waals surface area contributed by atoms with Crippen molar-refractivity contribution < 1.29 is 4.79 Å². The lowest BCUT2D eigenvalue weighted by atomic mass is 10.0. The highest BCUT2D eigenvalue weighted by Crippen LogP contribution is 2.21. The van der Waals surface area contributed by atoms with Gasteiger partial charge in [-0.1, -0.05) is 17.7 Å². The fraction of sp³-hybridized carbons (Fsp3) is 0.440. The highest BCUT2D eigenvalue weighted by molar-refractivity contribution is 5.74. The highest BCUT2D eigenvalue weighted by atomic mass is 16.2. The zero-order valence-electron chi connectivity index (χ0n) is 18.3. The topological polar surface area (TPSA) is 62.6 Å². The first-order chi connectivity index (χ1) is 15.1.